The average molecular weight is 185 g/mol. The molecule has 0 atom stereocenters. The second-order valence-corrected chi connectivity index (χ2v) is 2.71. The summed E-state index contributed by atoms with van der Waals surface area (Å²) in [5.41, 5.74) is 0.587. The van der Waals surface area contributed by atoms with Crippen LogP contribution in [0.4, 0.5) is 0 Å². The number of hydrogen-bond donors (Lipinski definition) is 1. The van der Waals surface area contributed by atoms with Crippen LogP contribution in [0.15, 0.2) is 18.3 Å². The Labute approximate surface area is 75.8 Å². The van der Waals surface area contributed by atoms with Crippen molar-refractivity contribution in [3.63, 3.8) is 0 Å². The van der Waals surface area contributed by atoms with Gasteiger partial charge in [-0.3, -0.25) is 4.79 Å². The molecule has 4 heteroatoms. The van der Waals surface area contributed by atoms with Gasteiger partial charge in [0.15, 0.2) is 5.78 Å². The number of carbonyl (C=O) groups is 1. The number of nitrogens with zero attached hydrogens (tertiary/aromatic N) is 1. The molecule has 12 heavy (non-hydrogen) atoms. The molecule has 0 amide bonds. The quantitative estimate of drug-likeness (QED) is 0.566. The molecule has 0 spiro atoms. The van der Waals surface area contributed by atoms with Crippen molar-refractivity contribution in [3.05, 3.63) is 29.0 Å². The van der Waals surface area contributed by atoms with Crippen molar-refractivity contribution in [2.24, 2.45) is 0 Å². The van der Waals surface area contributed by atoms with Crippen LogP contribution in [0.5, 0.6) is 0 Å². The SMILES string of the molecule is CNCC(=O)c1ccnc(Cl)c1. The number of hydrogen-bond acceptors (Lipinski definition) is 3. The van der Waals surface area contributed by atoms with Gasteiger partial charge in [-0.1, -0.05) is 11.6 Å². The molecule has 0 bridgehead atoms. The second-order valence-electron chi connectivity index (χ2n) is 2.32. The maximum atomic E-state index is 11.2. The number of halogens is 1. The van der Waals surface area contributed by atoms with Crippen LogP contribution in [0.3, 0.4) is 0 Å². The predicted molar refractivity (Wildman–Crippen MR) is 47.5 cm³/mol. The van der Waals surface area contributed by atoms with Gasteiger partial charge in [-0.2, -0.15) is 0 Å². The lowest BCUT2D eigenvalue weighted by atomic mass is 10.2. The number of rotatable bonds is 3. The van der Waals surface area contributed by atoms with Crippen molar-refractivity contribution in [1.29, 1.82) is 0 Å². The van der Waals surface area contributed by atoms with E-state index in [9.17, 15) is 4.79 Å². The average Bonchev–Trinajstić information content (AvgIpc) is 2.05. The number of pyridine rings is 1. The molecule has 0 radical (unpaired) electrons. The van der Waals surface area contributed by atoms with Crippen LogP contribution in [-0.4, -0.2) is 24.4 Å². The van der Waals surface area contributed by atoms with Crippen LogP contribution in [0, 0.1) is 0 Å². The molecule has 1 aromatic rings. The summed E-state index contributed by atoms with van der Waals surface area (Å²) in [5, 5.41) is 3.12. The monoisotopic (exact) mass is 184 g/mol. The highest BCUT2D eigenvalue weighted by atomic mass is 35.5. The molecule has 0 saturated carbocycles. The fraction of sp³-hybridized carbons (Fsp3) is 0.250. The molecule has 64 valence electrons. The Hall–Kier alpha value is -0.930. The first-order chi connectivity index (χ1) is 5.74. The Kier molecular flexibility index (Phi) is 3.19. The summed E-state index contributed by atoms with van der Waals surface area (Å²) in [6, 6.07) is 3.20. The molecule has 0 aliphatic heterocycles. The van der Waals surface area contributed by atoms with Crippen LogP contribution < -0.4 is 5.32 Å². The highest BCUT2D eigenvalue weighted by Gasteiger charge is 2.03. The van der Waals surface area contributed by atoms with Gasteiger partial charge in [0.1, 0.15) is 5.15 Å². The van der Waals surface area contributed by atoms with Crippen molar-refractivity contribution in [2.75, 3.05) is 13.6 Å². The molecular formula is C8H9ClN2O. The van der Waals surface area contributed by atoms with Crippen LogP contribution in [0.1, 0.15) is 10.4 Å². The number of Topliss-reactive ketones (excluding diaryl/α,β-unsaturated/α-hetero) is 1. The molecular weight excluding hydrogens is 176 g/mol. The molecule has 3 nitrogen and oxygen atoms in total. The van der Waals surface area contributed by atoms with Gasteiger partial charge in [0, 0.05) is 11.8 Å². The Balaban J connectivity index is 2.81. The largest absolute Gasteiger partial charge is 0.313 e. The van der Waals surface area contributed by atoms with Crippen molar-refractivity contribution in [3.8, 4) is 0 Å². The highest BCUT2D eigenvalue weighted by Crippen LogP contribution is 2.06. The maximum absolute atomic E-state index is 11.2. The fourth-order valence-corrected chi connectivity index (χ4v) is 1.01. The molecule has 0 saturated heterocycles. The van der Waals surface area contributed by atoms with E-state index in [1.807, 2.05) is 0 Å². The molecule has 0 aromatic carbocycles. The zero-order chi connectivity index (χ0) is 8.97. The van der Waals surface area contributed by atoms with Crippen molar-refractivity contribution in [1.82, 2.24) is 10.3 Å². The molecule has 1 rings (SSSR count). The summed E-state index contributed by atoms with van der Waals surface area (Å²) >= 11 is 5.61. The molecule has 0 fully saturated rings. The first kappa shape index (κ1) is 9.16. The van der Waals surface area contributed by atoms with E-state index < -0.39 is 0 Å². The van der Waals surface area contributed by atoms with E-state index >= 15 is 0 Å². The molecule has 0 aliphatic rings. The lowest BCUT2D eigenvalue weighted by Gasteiger charge is -1.98. The first-order valence-corrected chi connectivity index (χ1v) is 3.91. The van der Waals surface area contributed by atoms with Crippen LogP contribution in [-0.2, 0) is 0 Å². The Morgan fingerprint density at radius 2 is 2.50 bits per heavy atom. The normalized spacial score (nSPS) is 9.83. The fourth-order valence-electron chi connectivity index (χ4n) is 0.839. The van der Waals surface area contributed by atoms with Crippen LogP contribution in [0.25, 0.3) is 0 Å². The smallest absolute Gasteiger partial charge is 0.176 e. The van der Waals surface area contributed by atoms with Gasteiger partial charge >= 0.3 is 0 Å². The summed E-state index contributed by atoms with van der Waals surface area (Å²) in [5.74, 6) is 0.0156. The molecule has 0 aliphatic carbocycles. The number of carbonyl (C=O) groups excluding carboxylic acids is 1. The summed E-state index contributed by atoms with van der Waals surface area (Å²) in [4.78, 5) is 15.0. The topological polar surface area (TPSA) is 42.0 Å². The van der Waals surface area contributed by atoms with Gasteiger partial charge in [0.25, 0.3) is 0 Å². The van der Waals surface area contributed by atoms with Gasteiger partial charge in [-0.15, -0.1) is 0 Å². The van der Waals surface area contributed by atoms with Crippen molar-refractivity contribution in [2.45, 2.75) is 0 Å². The first-order valence-electron chi connectivity index (χ1n) is 3.53. The van der Waals surface area contributed by atoms with Gasteiger partial charge in [-0.05, 0) is 19.2 Å². The van der Waals surface area contributed by atoms with Gasteiger partial charge in [0.2, 0.25) is 0 Å². The van der Waals surface area contributed by atoms with E-state index in [0.717, 1.165) is 0 Å². The number of ketones is 1. The van der Waals surface area contributed by atoms with Crippen molar-refractivity contribution >= 4 is 17.4 Å². The summed E-state index contributed by atoms with van der Waals surface area (Å²) < 4.78 is 0. The highest BCUT2D eigenvalue weighted by molar-refractivity contribution is 6.29. The van der Waals surface area contributed by atoms with Gasteiger partial charge in [0.05, 0.1) is 6.54 Å². The zero-order valence-electron chi connectivity index (χ0n) is 6.67. The number of likely N-dealkylation sites (N-methyl/N-ethyl adjacent to an activating group) is 1. The second kappa shape index (κ2) is 4.18. The minimum absolute atomic E-state index is 0.0156. The third-order valence-electron chi connectivity index (χ3n) is 1.39. The van der Waals surface area contributed by atoms with Crippen LogP contribution >= 0.6 is 11.6 Å². The Morgan fingerprint density at radius 1 is 1.75 bits per heavy atom. The maximum Gasteiger partial charge on any atom is 0.176 e. The van der Waals surface area contributed by atoms with Gasteiger partial charge < -0.3 is 5.32 Å². The third kappa shape index (κ3) is 2.29. The zero-order valence-corrected chi connectivity index (χ0v) is 7.43. The van der Waals surface area contributed by atoms with Crippen molar-refractivity contribution < 1.29 is 4.79 Å². The van der Waals surface area contributed by atoms with E-state index in [1.54, 1.807) is 19.2 Å². The minimum Gasteiger partial charge on any atom is -0.313 e. The van der Waals surface area contributed by atoms with E-state index in [-0.39, 0.29) is 5.78 Å². The lowest BCUT2D eigenvalue weighted by Crippen LogP contribution is -2.18. The Bertz CT molecular complexity index is 288. The van der Waals surface area contributed by atoms with E-state index in [0.29, 0.717) is 17.3 Å². The van der Waals surface area contributed by atoms with Gasteiger partial charge in [-0.25, -0.2) is 4.98 Å². The standard InChI is InChI=1S/C8H9ClN2O/c1-10-5-7(12)6-2-3-11-8(9)4-6/h2-4,10H,5H2,1H3. The van der Waals surface area contributed by atoms with Crippen LogP contribution in [0.2, 0.25) is 5.15 Å². The molecule has 0 unspecified atom stereocenters. The number of nitrogens with one attached hydrogen (secondary N) is 1. The Morgan fingerprint density at radius 3 is 3.08 bits per heavy atom. The summed E-state index contributed by atoms with van der Waals surface area (Å²) in [7, 11) is 1.72. The predicted octanol–water partition coefficient (Wildman–Crippen LogP) is 1.14. The molecule has 1 N–H and O–H groups in total. The number of aromatic nitrogens is 1. The minimum atomic E-state index is 0.0156. The van der Waals surface area contributed by atoms with E-state index in [2.05, 4.69) is 10.3 Å². The summed E-state index contributed by atoms with van der Waals surface area (Å²) in [6.07, 6.45) is 1.52. The molecule has 1 heterocycles. The van der Waals surface area contributed by atoms with E-state index in [1.165, 1.54) is 6.20 Å². The third-order valence-corrected chi connectivity index (χ3v) is 1.59. The lowest BCUT2D eigenvalue weighted by molar-refractivity contribution is 0.0993. The summed E-state index contributed by atoms with van der Waals surface area (Å²) in [6.45, 7) is 0.320. The molecule has 1 aromatic heterocycles. The van der Waals surface area contributed by atoms with E-state index in [4.69, 9.17) is 11.6 Å².